The molecule has 1 aliphatic heterocycles. The Hall–Kier alpha value is 0.0500. The fourth-order valence-corrected chi connectivity index (χ4v) is 5.52. The van der Waals surface area contributed by atoms with Crippen molar-refractivity contribution in [2.45, 2.75) is 30.7 Å². The van der Waals surface area contributed by atoms with Crippen molar-refractivity contribution in [2.75, 3.05) is 13.2 Å². The lowest BCUT2D eigenvalue weighted by Gasteiger charge is -2.22. The third-order valence-electron chi connectivity index (χ3n) is 2.67. The summed E-state index contributed by atoms with van der Waals surface area (Å²) in [5.41, 5.74) is 0. The van der Waals surface area contributed by atoms with Crippen LogP contribution in [0, 0.1) is 6.92 Å². The monoisotopic (exact) mass is 339 g/mol. The van der Waals surface area contributed by atoms with Gasteiger partial charge in [-0.1, -0.05) is 0 Å². The molecule has 2 rings (SSSR count). The predicted octanol–water partition coefficient (Wildman–Crippen LogP) is 2.28. The predicted molar refractivity (Wildman–Crippen MR) is 70.9 cm³/mol. The van der Waals surface area contributed by atoms with Gasteiger partial charge >= 0.3 is 0 Å². The number of rotatable bonds is 3. The van der Waals surface area contributed by atoms with Gasteiger partial charge in [0.05, 0.1) is 8.68 Å². The van der Waals surface area contributed by atoms with Gasteiger partial charge in [-0.15, -0.1) is 11.3 Å². The van der Waals surface area contributed by atoms with Crippen LogP contribution in [0.25, 0.3) is 0 Å². The molecule has 1 saturated heterocycles. The molecule has 1 N–H and O–H groups in total. The van der Waals surface area contributed by atoms with Gasteiger partial charge in [0.1, 0.15) is 0 Å². The molecular formula is C10H14BrNO3S2. The van der Waals surface area contributed by atoms with Crippen LogP contribution in [0.3, 0.4) is 0 Å². The highest BCUT2D eigenvalue weighted by atomic mass is 79.9. The van der Waals surface area contributed by atoms with E-state index in [9.17, 15) is 8.42 Å². The van der Waals surface area contributed by atoms with E-state index < -0.39 is 10.0 Å². The largest absolute Gasteiger partial charge is 0.381 e. The quantitative estimate of drug-likeness (QED) is 0.918. The van der Waals surface area contributed by atoms with Gasteiger partial charge in [0.25, 0.3) is 0 Å². The van der Waals surface area contributed by atoms with Crippen molar-refractivity contribution in [3.63, 3.8) is 0 Å². The Balaban J connectivity index is 2.15. The molecule has 2 heterocycles. The first kappa shape index (κ1) is 13.5. The zero-order valence-corrected chi connectivity index (χ0v) is 12.6. The first-order chi connectivity index (χ1) is 7.99. The van der Waals surface area contributed by atoms with Gasteiger partial charge in [-0.2, -0.15) is 0 Å². The van der Waals surface area contributed by atoms with Crippen molar-refractivity contribution in [3.8, 4) is 0 Å². The molecule has 1 aliphatic rings. The summed E-state index contributed by atoms with van der Waals surface area (Å²) in [6.45, 7) is 3.06. The number of hydrogen-bond donors (Lipinski definition) is 1. The average Bonchev–Trinajstić information content (AvgIpc) is 2.59. The van der Waals surface area contributed by atoms with Crippen LogP contribution in [0.15, 0.2) is 14.7 Å². The molecule has 0 aliphatic carbocycles. The molecule has 0 spiro atoms. The number of hydrogen-bond acceptors (Lipinski definition) is 4. The van der Waals surface area contributed by atoms with Gasteiger partial charge < -0.3 is 4.74 Å². The van der Waals surface area contributed by atoms with Crippen molar-refractivity contribution in [2.24, 2.45) is 0 Å². The Morgan fingerprint density at radius 1 is 1.47 bits per heavy atom. The molecule has 1 fully saturated rings. The van der Waals surface area contributed by atoms with Crippen LogP contribution in [0.5, 0.6) is 0 Å². The fourth-order valence-electron chi connectivity index (χ4n) is 1.80. The Kier molecular flexibility index (Phi) is 4.25. The zero-order chi connectivity index (χ0) is 12.5. The van der Waals surface area contributed by atoms with E-state index in [0.29, 0.717) is 18.1 Å². The molecule has 1 aromatic rings. The lowest BCUT2D eigenvalue weighted by atomic mass is 10.1. The first-order valence-corrected chi connectivity index (χ1v) is 8.44. The SMILES string of the molecule is Cc1sc(Br)cc1S(=O)(=O)NC1CCOCC1. The highest BCUT2D eigenvalue weighted by Gasteiger charge is 2.24. The molecule has 0 aromatic carbocycles. The minimum absolute atomic E-state index is 0.00757. The molecule has 96 valence electrons. The summed E-state index contributed by atoms with van der Waals surface area (Å²) in [6.07, 6.45) is 1.48. The maximum Gasteiger partial charge on any atom is 0.241 e. The highest BCUT2D eigenvalue weighted by molar-refractivity contribution is 9.11. The molecule has 0 unspecified atom stereocenters. The van der Waals surface area contributed by atoms with Gasteiger partial charge in [-0.3, -0.25) is 0 Å². The van der Waals surface area contributed by atoms with E-state index in [-0.39, 0.29) is 6.04 Å². The number of sulfonamides is 1. The number of halogens is 1. The number of thiophene rings is 1. The summed E-state index contributed by atoms with van der Waals surface area (Å²) < 4.78 is 33.1. The summed E-state index contributed by atoms with van der Waals surface area (Å²) in [5, 5.41) is 0. The summed E-state index contributed by atoms with van der Waals surface area (Å²) in [7, 11) is -3.39. The van der Waals surface area contributed by atoms with E-state index in [1.807, 2.05) is 6.92 Å². The third-order valence-corrected chi connectivity index (χ3v) is 6.00. The Bertz CT molecular complexity index is 492. The highest BCUT2D eigenvalue weighted by Crippen LogP contribution is 2.29. The second kappa shape index (κ2) is 5.36. The van der Waals surface area contributed by atoms with E-state index in [1.165, 1.54) is 11.3 Å². The summed E-state index contributed by atoms with van der Waals surface area (Å²) in [6, 6.07) is 1.65. The van der Waals surface area contributed by atoms with Crippen LogP contribution >= 0.6 is 27.3 Å². The molecule has 7 heteroatoms. The van der Waals surface area contributed by atoms with Crippen LogP contribution in [0.4, 0.5) is 0 Å². The minimum Gasteiger partial charge on any atom is -0.381 e. The van der Waals surface area contributed by atoms with Crippen LogP contribution < -0.4 is 4.72 Å². The second-order valence-corrected chi connectivity index (χ2v) is 8.30. The molecule has 0 radical (unpaired) electrons. The van der Waals surface area contributed by atoms with Crippen molar-refractivity contribution < 1.29 is 13.2 Å². The average molecular weight is 340 g/mol. The van der Waals surface area contributed by atoms with Crippen LogP contribution in [0.1, 0.15) is 17.7 Å². The molecule has 17 heavy (non-hydrogen) atoms. The number of aryl methyl sites for hydroxylation is 1. The molecule has 0 atom stereocenters. The maximum atomic E-state index is 12.2. The van der Waals surface area contributed by atoms with Gasteiger partial charge in [-0.05, 0) is 41.8 Å². The topological polar surface area (TPSA) is 55.4 Å². The molecular weight excluding hydrogens is 326 g/mol. The van der Waals surface area contributed by atoms with Crippen molar-refractivity contribution in [1.82, 2.24) is 4.72 Å². The standard InChI is InChI=1S/C10H14BrNO3S2/c1-7-9(6-10(11)16-7)17(13,14)12-8-2-4-15-5-3-8/h6,8,12H,2-5H2,1H3. The van der Waals surface area contributed by atoms with Crippen LogP contribution in [-0.2, 0) is 14.8 Å². The Morgan fingerprint density at radius 2 is 2.12 bits per heavy atom. The van der Waals surface area contributed by atoms with Gasteiger partial charge in [0, 0.05) is 24.1 Å². The Labute approximate surface area is 114 Å². The van der Waals surface area contributed by atoms with Gasteiger partial charge in [-0.25, -0.2) is 13.1 Å². The van der Waals surface area contributed by atoms with E-state index in [1.54, 1.807) is 6.07 Å². The van der Waals surface area contributed by atoms with Crippen LogP contribution in [-0.4, -0.2) is 27.7 Å². The summed E-state index contributed by atoms with van der Waals surface area (Å²) in [4.78, 5) is 1.18. The van der Waals surface area contributed by atoms with Gasteiger partial charge in [0.2, 0.25) is 10.0 Å². The fraction of sp³-hybridized carbons (Fsp3) is 0.600. The summed E-state index contributed by atoms with van der Waals surface area (Å²) in [5.74, 6) is 0. The number of ether oxygens (including phenoxy) is 1. The van der Waals surface area contributed by atoms with Crippen molar-refractivity contribution >= 4 is 37.3 Å². The normalized spacial score (nSPS) is 18.5. The van der Waals surface area contributed by atoms with Crippen molar-refractivity contribution in [1.29, 1.82) is 0 Å². The maximum absolute atomic E-state index is 12.2. The van der Waals surface area contributed by atoms with E-state index in [4.69, 9.17) is 4.74 Å². The Morgan fingerprint density at radius 3 is 2.65 bits per heavy atom. The lowest BCUT2D eigenvalue weighted by molar-refractivity contribution is 0.0832. The molecule has 0 saturated carbocycles. The van der Waals surface area contributed by atoms with E-state index in [0.717, 1.165) is 21.5 Å². The van der Waals surface area contributed by atoms with E-state index in [2.05, 4.69) is 20.7 Å². The molecule has 0 bridgehead atoms. The molecule has 0 amide bonds. The summed E-state index contributed by atoms with van der Waals surface area (Å²) >= 11 is 4.74. The molecule has 1 aromatic heterocycles. The second-order valence-electron chi connectivity index (χ2n) is 3.98. The third kappa shape index (κ3) is 3.29. The van der Waals surface area contributed by atoms with Gasteiger partial charge in [0.15, 0.2) is 0 Å². The zero-order valence-electron chi connectivity index (χ0n) is 9.40. The lowest BCUT2D eigenvalue weighted by Crippen LogP contribution is -2.38. The van der Waals surface area contributed by atoms with Crippen LogP contribution in [0.2, 0.25) is 0 Å². The smallest absolute Gasteiger partial charge is 0.241 e. The molecule has 4 nitrogen and oxygen atoms in total. The first-order valence-electron chi connectivity index (χ1n) is 5.35. The van der Waals surface area contributed by atoms with Crippen molar-refractivity contribution in [3.05, 3.63) is 14.7 Å². The van der Waals surface area contributed by atoms with E-state index >= 15 is 0 Å². The minimum atomic E-state index is -3.39. The number of nitrogens with one attached hydrogen (secondary N) is 1.